The van der Waals surface area contributed by atoms with Crippen LogP contribution in [0.2, 0.25) is 0 Å². The molecule has 3 aliphatic heterocycles. The van der Waals surface area contributed by atoms with Gasteiger partial charge in [-0.2, -0.15) is 0 Å². The van der Waals surface area contributed by atoms with Crippen molar-refractivity contribution in [1.29, 1.82) is 0 Å². The standard InChI is InChI=1S/C18H33N3O3/c1-15-12-19(9-11-23-14-17-4-3-10-24-17)13-18(15)21-7-5-20(6-8-21)16(2)22/h15,17-18H,3-14H2,1-2H3/t15-,17+,18-/m1/s1. The summed E-state index contributed by atoms with van der Waals surface area (Å²) < 4.78 is 11.4. The van der Waals surface area contributed by atoms with E-state index in [9.17, 15) is 4.79 Å². The second kappa shape index (κ2) is 8.61. The van der Waals surface area contributed by atoms with Crippen molar-refractivity contribution in [2.24, 2.45) is 5.92 Å². The fourth-order valence-electron chi connectivity index (χ4n) is 4.26. The third-order valence-electron chi connectivity index (χ3n) is 5.76. The summed E-state index contributed by atoms with van der Waals surface area (Å²) >= 11 is 0. The molecular formula is C18H33N3O3. The minimum atomic E-state index is 0.208. The average molecular weight is 339 g/mol. The number of carbonyl (C=O) groups excluding carboxylic acids is 1. The lowest BCUT2D eigenvalue weighted by atomic mass is 10.0. The van der Waals surface area contributed by atoms with Crippen LogP contribution >= 0.6 is 0 Å². The predicted octanol–water partition coefficient (Wildman–Crippen LogP) is 0.666. The van der Waals surface area contributed by atoms with Gasteiger partial charge in [0, 0.05) is 65.4 Å². The molecule has 138 valence electrons. The molecule has 3 saturated heterocycles. The zero-order valence-corrected chi connectivity index (χ0v) is 15.3. The number of carbonyl (C=O) groups is 1. The lowest BCUT2D eigenvalue weighted by molar-refractivity contribution is -0.130. The Morgan fingerprint density at radius 1 is 1.21 bits per heavy atom. The van der Waals surface area contributed by atoms with Crippen molar-refractivity contribution in [3.05, 3.63) is 0 Å². The number of piperazine rings is 1. The number of hydrogen-bond donors (Lipinski definition) is 0. The first-order chi connectivity index (χ1) is 11.6. The van der Waals surface area contributed by atoms with Crippen LogP contribution in [0.1, 0.15) is 26.7 Å². The van der Waals surface area contributed by atoms with Crippen LogP contribution < -0.4 is 0 Å². The molecule has 0 aromatic rings. The Kier molecular flexibility index (Phi) is 6.49. The lowest BCUT2D eigenvalue weighted by Gasteiger charge is -2.39. The van der Waals surface area contributed by atoms with E-state index in [-0.39, 0.29) is 5.91 Å². The van der Waals surface area contributed by atoms with Crippen molar-refractivity contribution < 1.29 is 14.3 Å². The predicted molar refractivity (Wildman–Crippen MR) is 93.0 cm³/mol. The van der Waals surface area contributed by atoms with Crippen LogP contribution in [0.5, 0.6) is 0 Å². The van der Waals surface area contributed by atoms with E-state index in [1.807, 2.05) is 4.90 Å². The van der Waals surface area contributed by atoms with Crippen LogP contribution in [0.25, 0.3) is 0 Å². The second-order valence-corrected chi connectivity index (χ2v) is 7.56. The van der Waals surface area contributed by atoms with Crippen LogP contribution in [0, 0.1) is 5.92 Å². The van der Waals surface area contributed by atoms with E-state index in [1.54, 1.807) is 6.92 Å². The molecule has 3 heterocycles. The minimum Gasteiger partial charge on any atom is -0.377 e. The molecule has 0 bridgehead atoms. The van der Waals surface area contributed by atoms with Gasteiger partial charge in [0.05, 0.1) is 19.3 Å². The van der Waals surface area contributed by atoms with Crippen LogP contribution in [0.4, 0.5) is 0 Å². The largest absolute Gasteiger partial charge is 0.377 e. The topological polar surface area (TPSA) is 45.3 Å². The highest BCUT2D eigenvalue weighted by Gasteiger charge is 2.35. The van der Waals surface area contributed by atoms with Gasteiger partial charge in [-0.1, -0.05) is 6.92 Å². The van der Waals surface area contributed by atoms with Gasteiger partial charge in [-0.25, -0.2) is 0 Å². The lowest BCUT2D eigenvalue weighted by Crippen LogP contribution is -2.53. The molecule has 0 N–H and O–H groups in total. The summed E-state index contributed by atoms with van der Waals surface area (Å²) in [6.45, 7) is 13.6. The summed E-state index contributed by atoms with van der Waals surface area (Å²) in [5, 5.41) is 0. The molecule has 6 heteroatoms. The normalized spacial score (nSPS) is 32.6. The quantitative estimate of drug-likeness (QED) is 0.666. The molecule has 3 fully saturated rings. The van der Waals surface area contributed by atoms with Gasteiger partial charge < -0.3 is 14.4 Å². The average Bonchev–Trinajstić information content (AvgIpc) is 3.21. The summed E-state index contributed by atoms with van der Waals surface area (Å²) in [5.41, 5.74) is 0. The minimum absolute atomic E-state index is 0.208. The highest BCUT2D eigenvalue weighted by Crippen LogP contribution is 2.23. The molecule has 3 aliphatic rings. The van der Waals surface area contributed by atoms with Gasteiger partial charge in [0.15, 0.2) is 0 Å². The zero-order chi connectivity index (χ0) is 16.9. The monoisotopic (exact) mass is 339 g/mol. The van der Waals surface area contributed by atoms with Gasteiger partial charge in [-0.15, -0.1) is 0 Å². The van der Waals surface area contributed by atoms with E-state index in [4.69, 9.17) is 9.47 Å². The Morgan fingerprint density at radius 2 is 2.00 bits per heavy atom. The number of rotatable bonds is 6. The molecule has 0 radical (unpaired) electrons. The molecule has 0 aromatic carbocycles. The third-order valence-corrected chi connectivity index (χ3v) is 5.76. The van der Waals surface area contributed by atoms with Gasteiger partial charge in [0.25, 0.3) is 0 Å². The van der Waals surface area contributed by atoms with E-state index < -0.39 is 0 Å². The van der Waals surface area contributed by atoms with Crippen molar-refractivity contribution in [3.8, 4) is 0 Å². The number of hydrogen-bond acceptors (Lipinski definition) is 5. The molecule has 0 saturated carbocycles. The number of nitrogens with zero attached hydrogens (tertiary/aromatic N) is 3. The van der Waals surface area contributed by atoms with E-state index in [2.05, 4.69) is 16.7 Å². The van der Waals surface area contributed by atoms with E-state index in [0.29, 0.717) is 18.1 Å². The zero-order valence-electron chi connectivity index (χ0n) is 15.3. The van der Waals surface area contributed by atoms with Crippen LogP contribution in [-0.2, 0) is 14.3 Å². The molecule has 3 rings (SSSR count). The van der Waals surface area contributed by atoms with Crippen LogP contribution in [0.3, 0.4) is 0 Å². The van der Waals surface area contributed by atoms with E-state index in [0.717, 1.165) is 72.1 Å². The smallest absolute Gasteiger partial charge is 0.219 e. The van der Waals surface area contributed by atoms with Crippen molar-refractivity contribution in [2.75, 3.05) is 65.6 Å². The Balaban J connectivity index is 1.34. The first kappa shape index (κ1) is 18.1. The molecule has 1 amide bonds. The maximum absolute atomic E-state index is 11.5. The summed E-state index contributed by atoms with van der Waals surface area (Å²) in [5.74, 6) is 0.895. The molecule has 0 aromatic heterocycles. The van der Waals surface area contributed by atoms with Crippen molar-refractivity contribution >= 4 is 5.91 Å². The van der Waals surface area contributed by atoms with Gasteiger partial charge in [-0.05, 0) is 18.8 Å². The first-order valence-corrected chi connectivity index (χ1v) is 9.54. The molecule has 6 nitrogen and oxygen atoms in total. The fourth-order valence-corrected chi connectivity index (χ4v) is 4.26. The maximum Gasteiger partial charge on any atom is 0.219 e. The molecule has 0 unspecified atom stereocenters. The Labute approximate surface area is 146 Å². The molecule has 0 spiro atoms. The number of ether oxygens (including phenoxy) is 2. The fraction of sp³-hybridized carbons (Fsp3) is 0.944. The third kappa shape index (κ3) is 4.69. The molecule has 0 aliphatic carbocycles. The Bertz CT molecular complexity index is 406. The summed E-state index contributed by atoms with van der Waals surface area (Å²) in [7, 11) is 0. The van der Waals surface area contributed by atoms with Crippen LogP contribution in [-0.4, -0.2) is 98.4 Å². The highest BCUT2D eigenvalue weighted by atomic mass is 16.5. The van der Waals surface area contributed by atoms with E-state index in [1.165, 1.54) is 6.42 Å². The van der Waals surface area contributed by atoms with Crippen molar-refractivity contribution in [1.82, 2.24) is 14.7 Å². The molecule has 24 heavy (non-hydrogen) atoms. The van der Waals surface area contributed by atoms with Crippen molar-refractivity contribution in [2.45, 2.75) is 38.8 Å². The van der Waals surface area contributed by atoms with Gasteiger partial charge in [0.2, 0.25) is 5.91 Å². The first-order valence-electron chi connectivity index (χ1n) is 9.54. The summed E-state index contributed by atoms with van der Waals surface area (Å²) in [4.78, 5) is 18.5. The van der Waals surface area contributed by atoms with Crippen molar-refractivity contribution in [3.63, 3.8) is 0 Å². The SMILES string of the molecule is CC(=O)N1CCN([C@@H]2CN(CCOC[C@@H]3CCCO3)C[C@H]2C)CC1. The summed E-state index contributed by atoms with van der Waals surface area (Å²) in [6, 6.07) is 0.622. The van der Waals surface area contributed by atoms with Gasteiger partial charge >= 0.3 is 0 Å². The van der Waals surface area contributed by atoms with Gasteiger partial charge in [-0.3, -0.25) is 14.6 Å². The Hall–Kier alpha value is -0.690. The molecule has 3 atom stereocenters. The van der Waals surface area contributed by atoms with Crippen LogP contribution in [0.15, 0.2) is 0 Å². The molecular weight excluding hydrogens is 306 g/mol. The number of amides is 1. The van der Waals surface area contributed by atoms with Gasteiger partial charge in [0.1, 0.15) is 0 Å². The van der Waals surface area contributed by atoms with E-state index >= 15 is 0 Å². The number of likely N-dealkylation sites (tertiary alicyclic amines) is 1. The maximum atomic E-state index is 11.5. The summed E-state index contributed by atoms with van der Waals surface area (Å²) in [6.07, 6.45) is 2.65. The second-order valence-electron chi connectivity index (χ2n) is 7.56. The Morgan fingerprint density at radius 3 is 2.67 bits per heavy atom. The highest BCUT2D eigenvalue weighted by molar-refractivity contribution is 5.73.